The molecule has 0 aliphatic rings. The highest BCUT2D eigenvalue weighted by atomic mass is 16.6. The van der Waals surface area contributed by atoms with Gasteiger partial charge in [0.2, 0.25) is 0 Å². The lowest BCUT2D eigenvalue weighted by atomic mass is 10.2. The van der Waals surface area contributed by atoms with Gasteiger partial charge in [0.25, 0.3) is 5.69 Å². The number of nitrogens with one attached hydrogen (secondary N) is 1. The van der Waals surface area contributed by atoms with Crippen molar-refractivity contribution >= 4 is 11.4 Å². The second-order valence-corrected chi connectivity index (χ2v) is 3.24. The minimum absolute atomic E-state index is 0.0831. The summed E-state index contributed by atoms with van der Waals surface area (Å²) >= 11 is 0. The van der Waals surface area contributed by atoms with E-state index in [0.717, 1.165) is 25.5 Å². The number of nitro groups is 1. The Morgan fingerprint density at radius 1 is 1.53 bits per heavy atom. The van der Waals surface area contributed by atoms with Crippen molar-refractivity contribution in [2.45, 2.75) is 19.8 Å². The predicted octanol–water partition coefficient (Wildman–Crippen LogP) is 2.51. The Balaban J connectivity index is 2.70. The Labute approximate surface area is 87.9 Å². The maximum atomic E-state index is 10.4. The van der Waals surface area contributed by atoms with Crippen molar-refractivity contribution in [3.05, 3.63) is 28.3 Å². The van der Waals surface area contributed by atoms with Crippen LogP contribution in [0.3, 0.4) is 0 Å². The van der Waals surface area contributed by atoms with Crippen LogP contribution in [0, 0.1) is 10.1 Å². The highest BCUT2D eigenvalue weighted by molar-refractivity contribution is 5.59. The number of nitro benzene ring substituents is 1. The molecule has 0 fully saturated rings. The van der Waals surface area contributed by atoms with Crippen LogP contribution in [0.2, 0.25) is 0 Å². The molecule has 0 unspecified atom stereocenters. The number of aromatic hydroxyl groups is 1. The second kappa shape index (κ2) is 5.19. The van der Waals surface area contributed by atoms with Crippen molar-refractivity contribution in [1.29, 1.82) is 0 Å². The van der Waals surface area contributed by atoms with Crippen LogP contribution in [0.25, 0.3) is 0 Å². The number of phenols is 1. The van der Waals surface area contributed by atoms with Gasteiger partial charge in [-0.05, 0) is 12.5 Å². The maximum absolute atomic E-state index is 10.4. The first kappa shape index (κ1) is 11.3. The minimum Gasteiger partial charge on any atom is -0.506 e. The van der Waals surface area contributed by atoms with Gasteiger partial charge in [-0.25, -0.2) is 0 Å². The number of unbranched alkanes of at least 4 members (excludes halogenated alkanes) is 1. The quantitative estimate of drug-likeness (QED) is 0.339. The molecule has 82 valence electrons. The molecule has 0 saturated heterocycles. The Morgan fingerprint density at radius 3 is 2.80 bits per heavy atom. The molecule has 0 spiro atoms. The molecule has 0 aromatic heterocycles. The molecule has 5 nitrogen and oxygen atoms in total. The van der Waals surface area contributed by atoms with Gasteiger partial charge in [0.1, 0.15) is 5.75 Å². The fourth-order valence-corrected chi connectivity index (χ4v) is 1.18. The number of rotatable bonds is 5. The first-order valence-corrected chi connectivity index (χ1v) is 4.86. The van der Waals surface area contributed by atoms with Crippen molar-refractivity contribution in [3.63, 3.8) is 0 Å². The summed E-state index contributed by atoms with van der Waals surface area (Å²) in [6.45, 7) is 2.82. The van der Waals surface area contributed by atoms with E-state index in [2.05, 4.69) is 12.2 Å². The zero-order valence-electron chi connectivity index (χ0n) is 8.56. The van der Waals surface area contributed by atoms with E-state index in [0.29, 0.717) is 5.69 Å². The molecule has 5 heteroatoms. The van der Waals surface area contributed by atoms with E-state index in [9.17, 15) is 15.2 Å². The summed E-state index contributed by atoms with van der Waals surface area (Å²) in [6.07, 6.45) is 2.05. The van der Waals surface area contributed by atoms with E-state index in [1.54, 1.807) is 0 Å². The molecule has 1 aromatic rings. The monoisotopic (exact) mass is 210 g/mol. The summed E-state index contributed by atoms with van der Waals surface area (Å²) in [6, 6.07) is 4.03. The van der Waals surface area contributed by atoms with E-state index in [4.69, 9.17) is 0 Å². The smallest absolute Gasteiger partial charge is 0.273 e. The van der Waals surface area contributed by atoms with Gasteiger partial charge in [0.05, 0.1) is 16.7 Å². The standard InChI is InChI=1S/C10H14N2O3/c1-2-3-6-11-9-5-4-8(12(14)15)7-10(9)13/h4-5,7,11,13H,2-3,6H2,1H3. The molecule has 0 radical (unpaired) electrons. The third-order valence-corrected chi connectivity index (χ3v) is 2.04. The third-order valence-electron chi connectivity index (χ3n) is 2.04. The van der Waals surface area contributed by atoms with E-state index < -0.39 is 4.92 Å². The summed E-state index contributed by atoms with van der Waals surface area (Å²) in [5.41, 5.74) is 0.433. The number of anilines is 1. The van der Waals surface area contributed by atoms with E-state index in [1.807, 2.05) is 0 Å². The average molecular weight is 210 g/mol. The Morgan fingerprint density at radius 2 is 2.27 bits per heavy atom. The van der Waals surface area contributed by atoms with Crippen molar-refractivity contribution in [3.8, 4) is 5.75 Å². The number of hydrogen-bond acceptors (Lipinski definition) is 4. The first-order valence-electron chi connectivity index (χ1n) is 4.86. The van der Waals surface area contributed by atoms with Crippen LogP contribution in [0.1, 0.15) is 19.8 Å². The van der Waals surface area contributed by atoms with Crippen LogP contribution in [0.5, 0.6) is 5.75 Å². The highest BCUT2D eigenvalue weighted by Gasteiger charge is 2.09. The maximum Gasteiger partial charge on any atom is 0.273 e. The number of nitrogens with zero attached hydrogens (tertiary/aromatic N) is 1. The molecule has 0 aliphatic heterocycles. The van der Waals surface area contributed by atoms with Gasteiger partial charge < -0.3 is 10.4 Å². The van der Waals surface area contributed by atoms with E-state index >= 15 is 0 Å². The molecular formula is C10H14N2O3. The van der Waals surface area contributed by atoms with Gasteiger partial charge in [-0.3, -0.25) is 10.1 Å². The zero-order valence-corrected chi connectivity index (χ0v) is 8.56. The molecule has 0 saturated carbocycles. The molecule has 0 atom stereocenters. The second-order valence-electron chi connectivity index (χ2n) is 3.24. The van der Waals surface area contributed by atoms with E-state index in [-0.39, 0.29) is 11.4 Å². The molecule has 0 heterocycles. The number of hydrogen-bond donors (Lipinski definition) is 2. The van der Waals surface area contributed by atoms with Crippen LogP contribution in [-0.4, -0.2) is 16.6 Å². The minimum atomic E-state index is -0.532. The fraction of sp³-hybridized carbons (Fsp3) is 0.400. The molecule has 1 aromatic carbocycles. The summed E-state index contributed by atoms with van der Waals surface area (Å²) in [5, 5.41) is 22.9. The highest BCUT2D eigenvalue weighted by Crippen LogP contribution is 2.27. The Bertz CT molecular complexity index is 353. The van der Waals surface area contributed by atoms with Gasteiger partial charge in [0.15, 0.2) is 0 Å². The fourth-order valence-electron chi connectivity index (χ4n) is 1.18. The van der Waals surface area contributed by atoms with Crippen molar-refractivity contribution in [2.75, 3.05) is 11.9 Å². The summed E-state index contributed by atoms with van der Waals surface area (Å²) < 4.78 is 0. The zero-order chi connectivity index (χ0) is 11.3. The van der Waals surface area contributed by atoms with Crippen LogP contribution < -0.4 is 5.32 Å². The number of benzene rings is 1. The molecule has 15 heavy (non-hydrogen) atoms. The van der Waals surface area contributed by atoms with Crippen LogP contribution in [0.15, 0.2) is 18.2 Å². The van der Waals surface area contributed by atoms with Crippen LogP contribution in [0.4, 0.5) is 11.4 Å². The molecule has 1 rings (SSSR count). The van der Waals surface area contributed by atoms with Crippen molar-refractivity contribution in [1.82, 2.24) is 0 Å². The van der Waals surface area contributed by atoms with Gasteiger partial charge in [0, 0.05) is 12.6 Å². The predicted molar refractivity (Wildman–Crippen MR) is 58.2 cm³/mol. The average Bonchev–Trinajstić information content (AvgIpc) is 2.20. The van der Waals surface area contributed by atoms with Crippen molar-refractivity contribution < 1.29 is 10.0 Å². The normalized spacial score (nSPS) is 9.93. The van der Waals surface area contributed by atoms with Crippen molar-refractivity contribution in [2.24, 2.45) is 0 Å². The molecular weight excluding hydrogens is 196 g/mol. The molecule has 0 amide bonds. The lowest BCUT2D eigenvalue weighted by Gasteiger charge is -2.06. The van der Waals surface area contributed by atoms with Crippen LogP contribution in [-0.2, 0) is 0 Å². The number of non-ortho nitro benzene ring substituents is 1. The topological polar surface area (TPSA) is 75.4 Å². The van der Waals surface area contributed by atoms with E-state index in [1.165, 1.54) is 12.1 Å². The van der Waals surface area contributed by atoms with Gasteiger partial charge in [-0.2, -0.15) is 0 Å². The lowest BCUT2D eigenvalue weighted by Crippen LogP contribution is -2.01. The molecule has 0 aliphatic carbocycles. The Hall–Kier alpha value is -1.78. The van der Waals surface area contributed by atoms with Gasteiger partial charge >= 0.3 is 0 Å². The van der Waals surface area contributed by atoms with Gasteiger partial charge in [-0.15, -0.1) is 0 Å². The van der Waals surface area contributed by atoms with Gasteiger partial charge in [-0.1, -0.05) is 13.3 Å². The first-order chi connectivity index (χ1) is 7.15. The Kier molecular flexibility index (Phi) is 3.91. The largest absolute Gasteiger partial charge is 0.506 e. The lowest BCUT2D eigenvalue weighted by molar-refractivity contribution is -0.384. The summed E-state index contributed by atoms with van der Waals surface area (Å²) in [5.74, 6) is -0.0831. The SMILES string of the molecule is CCCCNc1ccc([N+](=O)[O-])cc1O. The molecule has 2 N–H and O–H groups in total. The summed E-state index contributed by atoms with van der Waals surface area (Å²) in [7, 11) is 0. The third kappa shape index (κ3) is 3.12. The van der Waals surface area contributed by atoms with Crippen LogP contribution >= 0.6 is 0 Å². The molecule has 0 bridgehead atoms. The number of phenolic OH excluding ortho intramolecular Hbond substituents is 1. The summed E-state index contributed by atoms with van der Waals surface area (Å²) in [4.78, 5) is 9.87.